The predicted molar refractivity (Wildman–Crippen MR) is 99.0 cm³/mol. The highest BCUT2D eigenvalue weighted by Crippen LogP contribution is 2.29. The molecule has 0 aliphatic heterocycles. The van der Waals surface area contributed by atoms with E-state index < -0.39 is 16.6 Å². The van der Waals surface area contributed by atoms with Crippen LogP contribution in [0.2, 0.25) is 0 Å². The summed E-state index contributed by atoms with van der Waals surface area (Å²) >= 11 is 0. The fourth-order valence-electron chi connectivity index (χ4n) is 2.60. The summed E-state index contributed by atoms with van der Waals surface area (Å²) in [6, 6.07) is 11.3. The van der Waals surface area contributed by atoms with Gasteiger partial charge in [0.15, 0.2) is 11.5 Å². The van der Waals surface area contributed by atoms with E-state index in [0.717, 1.165) is 24.0 Å². The number of aryl methyl sites for hydroxylation is 1. The second-order valence-corrected chi connectivity index (χ2v) is 7.67. The van der Waals surface area contributed by atoms with Crippen molar-refractivity contribution >= 4 is 10.0 Å². The van der Waals surface area contributed by atoms with E-state index in [0.29, 0.717) is 6.42 Å². The zero-order valence-corrected chi connectivity index (χ0v) is 16.1. The van der Waals surface area contributed by atoms with Crippen molar-refractivity contribution in [3.63, 3.8) is 0 Å². The van der Waals surface area contributed by atoms with Crippen LogP contribution in [0.25, 0.3) is 0 Å². The number of sulfonamides is 1. The molecule has 27 heavy (non-hydrogen) atoms. The molecule has 0 heterocycles. The largest absolute Gasteiger partial charge is 0.493 e. The van der Waals surface area contributed by atoms with Gasteiger partial charge in [0.25, 0.3) is 0 Å². The summed E-state index contributed by atoms with van der Waals surface area (Å²) in [6.07, 6.45) is 2.27. The normalized spacial score (nSPS) is 11.6. The van der Waals surface area contributed by atoms with Crippen LogP contribution in [-0.4, -0.2) is 28.7 Å². The van der Waals surface area contributed by atoms with Gasteiger partial charge in [-0.1, -0.05) is 31.5 Å². The summed E-state index contributed by atoms with van der Waals surface area (Å²) in [5, 5.41) is 0. The molecule has 0 unspecified atom stereocenters. The molecular weight excluding hydrogens is 376 g/mol. The fourth-order valence-corrected chi connectivity index (χ4v) is 3.63. The quantitative estimate of drug-likeness (QED) is 0.661. The molecule has 0 spiro atoms. The monoisotopic (exact) mass is 399 g/mol. The van der Waals surface area contributed by atoms with Gasteiger partial charge in [0.2, 0.25) is 10.0 Å². The maximum atomic E-state index is 12.4. The molecule has 0 saturated carbocycles. The molecule has 0 radical (unpaired) electrons. The Morgan fingerprint density at radius 1 is 1.00 bits per heavy atom. The van der Waals surface area contributed by atoms with Crippen molar-refractivity contribution in [1.82, 2.24) is 4.72 Å². The first-order chi connectivity index (χ1) is 12.9. The fraction of sp³-hybridized carbons (Fsp3) is 0.368. The summed E-state index contributed by atoms with van der Waals surface area (Å²) in [5.41, 5.74) is 1.82. The zero-order valence-electron chi connectivity index (χ0n) is 15.2. The smallest absolute Gasteiger partial charge is 0.387 e. The molecule has 1 N–H and O–H groups in total. The molecule has 0 aromatic heterocycles. The van der Waals surface area contributed by atoms with Crippen LogP contribution in [-0.2, 0) is 22.9 Å². The Bertz CT molecular complexity index is 839. The van der Waals surface area contributed by atoms with E-state index in [4.69, 9.17) is 4.74 Å². The summed E-state index contributed by atoms with van der Waals surface area (Å²) in [7, 11) is -2.26. The van der Waals surface area contributed by atoms with Crippen molar-refractivity contribution in [1.29, 1.82) is 0 Å². The second kappa shape index (κ2) is 9.66. The highest BCUT2D eigenvalue weighted by molar-refractivity contribution is 7.89. The van der Waals surface area contributed by atoms with Crippen LogP contribution in [0.1, 0.15) is 24.5 Å². The van der Waals surface area contributed by atoms with E-state index in [1.807, 2.05) is 12.1 Å². The molecule has 0 amide bonds. The minimum absolute atomic E-state index is 0.0657. The lowest BCUT2D eigenvalue weighted by atomic mass is 10.1. The van der Waals surface area contributed by atoms with Crippen LogP contribution in [0.4, 0.5) is 8.78 Å². The molecule has 0 bridgehead atoms. The van der Waals surface area contributed by atoms with Crippen LogP contribution in [0.3, 0.4) is 0 Å². The van der Waals surface area contributed by atoms with Crippen molar-refractivity contribution in [2.45, 2.75) is 37.7 Å². The van der Waals surface area contributed by atoms with Crippen LogP contribution < -0.4 is 14.2 Å². The molecule has 0 atom stereocenters. The Hall–Kier alpha value is -2.19. The lowest BCUT2D eigenvalue weighted by molar-refractivity contribution is -0.0512. The molecule has 148 valence electrons. The minimum Gasteiger partial charge on any atom is -0.493 e. The highest BCUT2D eigenvalue weighted by atomic mass is 32.2. The first-order valence-electron chi connectivity index (χ1n) is 8.56. The lowest BCUT2D eigenvalue weighted by Crippen LogP contribution is -2.26. The van der Waals surface area contributed by atoms with Gasteiger partial charge in [0.05, 0.1) is 12.0 Å². The van der Waals surface area contributed by atoms with E-state index >= 15 is 0 Å². The molecule has 2 aromatic carbocycles. The Labute approximate surface area is 158 Å². The molecule has 0 aliphatic rings. The summed E-state index contributed by atoms with van der Waals surface area (Å²) in [6.45, 7) is -0.717. The number of ether oxygens (including phenoxy) is 2. The van der Waals surface area contributed by atoms with E-state index in [1.54, 1.807) is 24.3 Å². The van der Waals surface area contributed by atoms with Gasteiger partial charge >= 0.3 is 6.61 Å². The maximum Gasteiger partial charge on any atom is 0.387 e. The van der Waals surface area contributed by atoms with Crippen molar-refractivity contribution < 1.29 is 26.7 Å². The zero-order chi connectivity index (χ0) is 19.9. The number of methoxy groups -OCH3 is 1. The van der Waals surface area contributed by atoms with Crippen LogP contribution in [0, 0.1) is 0 Å². The van der Waals surface area contributed by atoms with E-state index in [9.17, 15) is 17.2 Å². The Morgan fingerprint density at radius 2 is 1.67 bits per heavy atom. The van der Waals surface area contributed by atoms with Crippen LogP contribution in [0.5, 0.6) is 11.5 Å². The number of hydrogen-bond acceptors (Lipinski definition) is 4. The predicted octanol–water partition coefficient (Wildman–Crippen LogP) is 3.77. The van der Waals surface area contributed by atoms with Crippen molar-refractivity contribution in [2.75, 3.05) is 13.7 Å². The topological polar surface area (TPSA) is 64.6 Å². The standard InChI is InChI=1S/C19H23F2NO4S/c1-3-4-14-5-8-16(9-6-14)27(23,24)22-12-11-15-7-10-17(26-19(20)21)18(13-15)25-2/h5-10,13,19,22H,3-4,11-12H2,1-2H3. The van der Waals surface area contributed by atoms with Gasteiger partial charge in [-0.15, -0.1) is 0 Å². The van der Waals surface area contributed by atoms with Crippen LogP contribution in [0.15, 0.2) is 47.4 Å². The van der Waals surface area contributed by atoms with E-state index in [2.05, 4.69) is 16.4 Å². The molecule has 8 heteroatoms. The van der Waals surface area contributed by atoms with Crippen LogP contribution >= 0.6 is 0 Å². The SMILES string of the molecule is CCCc1ccc(S(=O)(=O)NCCc2ccc(OC(F)F)c(OC)c2)cc1. The summed E-state index contributed by atoms with van der Waals surface area (Å²) in [4.78, 5) is 0.209. The molecule has 2 aromatic rings. The van der Waals surface area contributed by atoms with Crippen molar-refractivity contribution in [3.8, 4) is 11.5 Å². The third kappa shape index (κ3) is 6.18. The summed E-state index contributed by atoms with van der Waals surface area (Å²) in [5.74, 6) is 0.103. The van der Waals surface area contributed by atoms with E-state index in [1.165, 1.54) is 13.2 Å². The Balaban J connectivity index is 1.98. The first-order valence-corrected chi connectivity index (χ1v) is 10.0. The molecular formula is C19H23F2NO4S. The molecule has 0 aliphatic carbocycles. The maximum absolute atomic E-state index is 12.4. The molecule has 2 rings (SSSR count). The number of alkyl halides is 2. The van der Waals surface area contributed by atoms with Gasteiger partial charge in [-0.3, -0.25) is 0 Å². The number of rotatable bonds is 10. The van der Waals surface area contributed by atoms with Gasteiger partial charge in [-0.25, -0.2) is 13.1 Å². The van der Waals surface area contributed by atoms with Gasteiger partial charge < -0.3 is 9.47 Å². The Morgan fingerprint density at radius 3 is 2.26 bits per heavy atom. The van der Waals surface area contributed by atoms with Crippen molar-refractivity contribution in [2.24, 2.45) is 0 Å². The van der Waals surface area contributed by atoms with Crippen molar-refractivity contribution in [3.05, 3.63) is 53.6 Å². The minimum atomic E-state index is -3.61. The number of nitrogens with one attached hydrogen (secondary N) is 1. The summed E-state index contributed by atoms with van der Waals surface area (Å²) < 4.78 is 61.3. The van der Waals surface area contributed by atoms with Gasteiger partial charge in [0, 0.05) is 6.54 Å². The lowest BCUT2D eigenvalue weighted by Gasteiger charge is -2.12. The number of benzene rings is 2. The second-order valence-electron chi connectivity index (χ2n) is 5.91. The average molecular weight is 399 g/mol. The highest BCUT2D eigenvalue weighted by Gasteiger charge is 2.14. The molecule has 0 fully saturated rings. The average Bonchev–Trinajstić information content (AvgIpc) is 2.63. The first kappa shape index (κ1) is 21.1. The third-order valence-electron chi connectivity index (χ3n) is 3.92. The van der Waals surface area contributed by atoms with Gasteiger partial charge in [0.1, 0.15) is 0 Å². The Kier molecular flexibility index (Phi) is 7.55. The molecule has 0 saturated heterocycles. The van der Waals surface area contributed by atoms with Gasteiger partial charge in [-0.05, 0) is 48.2 Å². The third-order valence-corrected chi connectivity index (χ3v) is 5.40. The number of hydrogen-bond donors (Lipinski definition) is 1. The van der Waals surface area contributed by atoms with E-state index in [-0.39, 0.29) is 22.9 Å². The number of halogens is 2. The van der Waals surface area contributed by atoms with Gasteiger partial charge in [-0.2, -0.15) is 8.78 Å². The molecule has 5 nitrogen and oxygen atoms in total.